The first kappa shape index (κ1) is 16.5. The molecule has 22 heavy (non-hydrogen) atoms. The summed E-state index contributed by atoms with van der Waals surface area (Å²) < 4.78 is 60.1. The topological polar surface area (TPSA) is 97.7 Å². The average molecular weight is 342 g/mol. The Kier molecular flexibility index (Phi) is 4.55. The molecule has 0 aliphatic rings. The van der Waals surface area contributed by atoms with Crippen LogP contribution in [0.4, 0.5) is 0 Å². The van der Waals surface area contributed by atoms with Crippen LogP contribution in [-0.4, -0.2) is 21.4 Å². The Morgan fingerprint density at radius 2 is 1.45 bits per heavy atom. The minimum atomic E-state index is -4.21. The molecule has 0 unspecified atom stereocenters. The summed E-state index contributed by atoms with van der Waals surface area (Å²) >= 11 is 0. The van der Waals surface area contributed by atoms with Crippen molar-refractivity contribution >= 4 is 20.2 Å². The van der Waals surface area contributed by atoms with Gasteiger partial charge in [0.15, 0.2) is 0 Å². The van der Waals surface area contributed by atoms with Crippen molar-refractivity contribution in [1.29, 1.82) is 0 Å². The van der Waals surface area contributed by atoms with E-state index in [0.29, 0.717) is 5.56 Å². The smallest absolute Gasteiger partial charge is 0.339 e. The van der Waals surface area contributed by atoms with Crippen LogP contribution < -0.4 is 4.18 Å². The number of benzene rings is 2. The van der Waals surface area contributed by atoms with E-state index in [1.807, 2.05) is 0 Å². The monoisotopic (exact) mass is 342 g/mol. The molecule has 0 saturated carbocycles. The van der Waals surface area contributed by atoms with Gasteiger partial charge in [-0.3, -0.25) is 4.55 Å². The lowest BCUT2D eigenvalue weighted by atomic mass is 10.2. The molecule has 0 spiro atoms. The minimum absolute atomic E-state index is 0.0189. The van der Waals surface area contributed by atoms with Crippen LogP contribution in [0.25, 0.3) is 0 Å². The highest BCUT2D eigenvalue weighted by molar-refractivity contribution is 7.87. The maximum atomic E-state index is 12.0. The highest BCUT2D eigenvalue weighted by Crippen LogP contribution is 2.24. The van der Waals surface area contributed by atoms with Gasteiger partial charge in [-0.1, -0.05) is 30.3 Å². The molecular weight excluding hydrogens is 328 g/mol. The van der Waals surface area contributed by atoms with Crippen molar-refractivity contribution in [3.05, 3.63) is 60.2 Å². The zero-order valence-corrected chi connectivity index (χ0v) is 13.2. The molecule has 2 rings (SSSR count). The molecule has 0 aromatic heterocycles. The molecule has 1 atom stereocenters. The van der Waals surface area contributed by atoms with Gasteiger partial charge in [0.05, 0.1) is 0 Å². The standard InChI is InChI=1S/C14H14O6S2/c1-11(21(15,16)17)12-7-9-13(10-8-12)20-22(18,19)14-5-3-2-4-6-14/h2-11H,1H3,(H,15,16,17)/t11-/m1/s1. The van der Waals surface area contributed by atoms with Gasteiger partial charge in [0.2, 0.25) is 0 Å². The van der Waals surface area contributed by atoms with Gasteiger partial charge < -0.3 is 4.18 Å². The van der Waals surface area contributed by atoms with Crippen LogP contribution in [0.1, 0.15) is 17.7 Å². The molecule has 2 aromatic carbocycles. The second-order valence-corrected chi connectivity index (χ2v) is 7.86. The second-order valence-electron chi connectivity index (χ2n) is 4.58. The first-order valence-electron chi connectivity index (χ1n) is 6.26. The van der Waals surface area contributed by atoms with Gasteiger partial charge >= 0.3 is 10.1 Å². The molecule has 0 amide bonds. The summed E-state index contributed by atoms with van der Waals surface area (Å²) in [7, 11) is -8.15. The molecular formula is C14H14O6S2. The van der Waals surface area contributed by atoms with Crippen molar-refractivity contribution in [3.63, 3.8) is 0 Å². The van der Waals surface area contributed by atoms with E-state index in [-0.39, 0.29) is 10.6 Å². The summed E-state index contributed by atoms with van der Waals surface area (Å²) in [6.45, 7) is 1.33. The fourth-order valence-corrected chi connectivity index (χ4v) is 3.18. The third kappa shape index (κ3) is 3.85. The molecule has 2 aromatic rings. The van der Waals surface area contributed by atoms with Crippen molar-refractivity contribution < 1.29 is 25.6 Å². The van der Waals surface area contributed by atoms with E-state index in [9.17, 15) is 16.8 Å². The van der Waals surface area contributed by atoms with Gasteiger partial charge in [0.25, 0.3) is 10.1 Å². The van der Waals surface area contributed by atoms with Crippen LogP contribution in [0.5, 0.6) is 5.75 Å². The Morgan fingerprint density at radius 3 is 1.95 bits per heavy atom. The fourth-order valence-electron chi connectivity index (χ4n) is 1.73. The van der Waals surface area contributed by atoms with Crippen molar-refractivity contribution in [3.8, 4) is 5.75 Å². The molecule has 0 fully saturated rings. The van der Waals surface area contributed by atoms with Crippen molar-refractivity contribution in [1.82, 2.24) is 0 Å². The van der Waals surface area contributed by atoms with E-state index in [0.717, 1.165) is 0 Å². The second kappa shape index (κ2) is 6.07. The van der Waals surface area contributed by atoms with Crippen LogP contribution in [0.15, 0.2) is 59.5 Å². The predicted octanol–water partition coefficient (Wildman–Crippen LogP) is 2.40. The van der Waals surface area contributed by atoms with Crippen LogP contribution in [0.2, 0.25) is 0 Å². The Morgan fingerprint density at radius 1 is 0.909 bits per heavy atom. The molecule has 0 radical (unpaired) electrons. The zero-order chi connectivity index (χ0) is 16.4. The van der Waals surface area contributed by atoms with E-state index in [1.54, 1.807) is 18.2 Å². The minimum Gasteiger partial charge on any atom is -0.379 e. The fraction of sp³-hybridized carbons (Fsp3) is 0.143. The summed E-state index contributed by atoms with van der Waals surface area (Å²) in [5.41, 5.74) is 0.326. The third-order valence-electron chi connectivity index (χ3n) is 3.03. The summed E-state index contributed by atoms with van der Waals surface area (Å²) in [5, 5.41) is -1.10. The maximum absolute atomic E-state index is 12.0. The number of hydrogen-bond donors (Lipinski definition) is 1. The molecule has 8 heteroatoms. The van der Waals surface area contributed by atoms with E-state index in [2.05, 4.69) is 0 Å². The quantitative estimate of drug-likeness (QED) is 0.662. The average Bonchev–Trinajstić information content (AvgIpc) is 2.47. The summed E-state index contributed by atoms with van der Waals surface area (Å²) in [6, 6.07) is 13.1. The van der Waals surface area contributed by atoms with Gasteiger partial charge in [-0.25, -0.2) is 0 Å². The first-order valence-corrected chi connectivity index (χ1v) is 9.17. The van der Waals surface area contributed by atoms with E-state index in [1.165, 1.54) is 43.3 Å². The Hall–Kier alpha value is -1.90. The van der Waals surface area contributed by atoms with Crippen LogP contribution in [-0.2, 0) is 20.2 Å². The highest BCUT2D eigenvalue weighted by atomic mass is 32.2. The number of rotatable bonds is 5. The van der Waals surface area contributed by atoms with E-state index in [4.69, 9.17) is 8.74 Å². The van der Waals surface area contributed by atoms with Crippen molar-refractivity contribution in [2.75, 3.05) is 0 Å². The molecule has 0 aliphatic heterocycles. The van der Waals surface area contributed by atoms with Gasteiger partial charge in [0.1, 0.15) is 15.9 Å². The summed E-state index contributed by atoms with van der Waals surface area (Å²) in [4.78, 5) is 0.0189. The molecule has 118 valence electrons. The van der Waals surface area contributed by atoms with Gasteiger partial charge in [-0.15, -0.1) is 0 Å². The molecule has 6 nitrogen and oxygen atoms in total. The SMILES string of the molecule is C[C@H](c1ccc(OS(=O)(=O)c2ccccc2)cc1)S(=O)(=O)O. The van der Waals surface area contributed by atoms with E-state index >= 15 is 0 Å². The Bertz CT molecular complexity index is 840. The Balaban J connectivity index is 2.22. The van der Waals surface area contributed by atoms with Crippen LogP contribution >= 0.6 is 0 Å². The lowest BCUT2D eigenvalue weighted by Crippen LogP contribution is -2.10. The maximum Gasteiger partial charge on any atom is 0.339 e. The third-order valence-corrected chi connectivity index (χ3v) is 5.46. The largest absolute Gasteiger partial charge is 0.379 e. The van der Waals surface area contributed by atoms with Gasteiger partial charge in [0, 0.05) is 0 Å². The molecule has 0 bridgehead atoms. The van der Waals surface area contributed by atoms with Gasteiger partial charge in [-0.2, -0.15) is 16.8 Å². The lowest BCUT2D eigenvalue weighted by molar-refractivity contribution is 0.471. The lowest BCUT2D eigenvalue weighted by Gasteiger charge is -2.10. The Labute approximate surface area is 129 Å². The van der Waals surface area contributed by atoms with Crippen LogP contribution in [0.3, 0.4) is 0 Å². The zero-order valence-electron chi connectivity index (χ0n) is 11.6. The van der Waals surface area contributed by atoms with Crippen molar-refractivity contribution in [2.45, 2.75) is 17.1 Å². The van der Waals surface area contributed by atoms with Crippen LogP contribution in [0, 0.1) is 0 Å². The molecule has 0 heterocycles. The predicted molar refractivity (Wildman–Crippen MR) is 80.7 cm³/mol. The summed E-state index contributed by atoms with van der Waals surface area (Å²) in [6.07, 6.45) is 0. The summed E-state index contributed by atoms with van der Waals surface area (Å²) in [5.74, 6) is 0.0511. The number of hydrogen-bond acceptors (Lipinski definition) is 5. The highest BCUT2D eigenvalue weighted by Gasteiger charge is 2.20. The normalized spacial score (nSPS) is 13.5. The molecule has 0 aliphatic carbocycles. The molecule has 0 saturated heterocycles. The van der Waals surface area contributed by atoms with Crippen molar-refractivity contribution in [2.24, 2.45) is 0 Å². The van der Waals surface area contributed by atoms with E-state index < -0.39 is 25.5 Å². The van der Waals surface area contributed by atoms with Gasteiger partial charge in [-0.05, 0) is 36.8 Å². The molecule has 1 N–H and O–H groups in total. The first-order chi connectivity index (χ1) is 10.2.